The van der Waals surface area contributed by atoms with E-state index in [1.165, 1.54) is 11.3 Å². The van der Waals surface area contributed by atoms with Crippen molar-refractivity contribution in [3.05, 3.63) is 35.3 Å². The van der Waals surface area contributed by atoms with Crippen LogP contribution in [0.2, 0.25) is 0 Å². The molecule has 1 aromatic carbocycles. The highest BCUT2D eigenvalue weighted by Crippen LogP contribution is 2.31. The molecule has 0 amide bonds. The van der Waals surface area contributed by atoms with Crippen LogP contribution in [0, 0.1) is 5.39 Å². The van der Waals surface area contributed by atoms with Crippen molar-refractivity contribution in [2.24, 2.45) is 0 Å². The molecule has 11 heavy (non-hydrogen) atoms. The Labute approximate surface area is 67.7 Å². The van der Waals surface area contributed by atoms with Crippen molar-refractivity contribution in [1.82, 2.24) is 0 Å². The first-order chi connectivity index (χ1) is 5.40. The summed E-state index contributed by atoms with van der Waals surface area (Å²) in [6, 6.07) is 9.81. The average Bonchev–Trinajstić information content (AvgIpc) is 2.46. The molecule has 2 rings (SSSR count). The van der Waals surface area contributed by atoms with Gasteiger partial charge in [0.1, 0.15) is 0 Å². The van der Waals surface area contributed by atoms with Gasteiger partial charge in [0, 0.05) is 10.1 Å². The molecule has 0 atom stereocenters. The molecule has 0 saturated heterocycles. The average molecular weight is 161 g/mol. The van der Waals surface area contributed by atoms with E-state index in [0.717, 1.165) is 10.1 Å². The van der Waals surface area contributed by atoms with Gasteiger partial charge in [0.25, 0.3) is 0 Å². The van der Waals surface area contributed by atoms with E-state index in [9.17, 15) is 0 Å². The maximum Gasteiger partial charge on any atom is 0.441 e. The second kappa shape index (κ2) is 2.33. The maximum absolute atomic E-state index is 8.47. The van der Waals surface area contributed by atoms with E-state index in [4.69, 9.17) is 5.39 Å². The van der Waals surface area contributed by atoms with Gasteiger partial charge in [-0.1, -0.05) is 18.2 Å². The minimum atomic E-state index is 0.659. The van der Waals surface area contributed by atoms with Gasteiger partial charge in [-0.2, -0.15) is 0 Å². The standard InChI is InChI=1S/C8H5N2S/c9-10-8-5-6-3-1-2-4-7(6)11-8/h1-5H/q+1. The summed E-state index contributed by atoms with van der Waals surface area (Å²) in [5.74, 6) is 0. The van der Waals surface area contributed by atoms with Crippen molar-refractivity contribution in [2.45, 2.75) is 0 Å². The van der Waals surface area contributed by atoms with Gasteiger partial charge in [0.15, 0.2) is 4.98 Å². The largest absolute Gasteiger partial charge is 0.441 e. The number of nitrogens with zero attached hydrogens (tertiary/aromatic N) is 2. The van der Waals surface area contributed by atoms with E-state index in [-0.39, 0.29) is 0 Å². The van der Waals surface area contributed by atoms with Crippen molar-refractivity contribution in [2.75, 3.05) is 0 Å². The van der Waals surface area contributed by atoms with Gasteiger partial charge < -0.3 is 0 Å². The molecule has 0 fully saturated rings. The highest BCUT2D eigenvalue weighted by Gasteiger charge is 2.08. The predicted octanol–water partition coefficient (Wildman–Crippen LogP) is 3.39. The third kappa shape index (κ3) is 0.975. The van der Waals surface area contributed by atoms with Crippen LogP contribution in [0.25, 0.3) is 15.1 Å². The number of hydrogen-bond acceptors (Lipinski definition) is 2. The van der Waals surface area contributed by atoms with Crippen LogP contribution >= 0.6 is 11.3 Å². The summed E-state index contributed by atoms with van der Waals surface area (Å²) in [4.78, 5) is 3.13. The highest BCUT2D eigenvalue weighted by atomic mass is 32.1. The zero-order valence-corrected chi connectivity index (χ0v) is 6.51. The van der Waals surface area contributed by atoms with E-state index in [0.29, 0.717) is 5.00 Å². The summed E-state index contributed by atoms with van der Waals surface area (Å²) in [6.45, 7) is 0. The molecule has 0 unspecified atom stereocenters. The van der Waals surface area contributed by atoms with Gasteiger partial charge in [0.2, 0.25) is 5.39 Å². The van der Waals surface area contributed by atoms with Crippen molar-refractivity contribution in [3.8, 4) is 0 Å². The van der Waals surface area contributed by atoms with Crippen molar-refractivity contribution < 1.29 is 0 Å². The second-order valence-corrected chi connectivity index (χ2v) is 3.28. The molecule has 3 heteroatoms. The first-order valence-electron chi connectivity index (χ1n) is 3.24. The van der Waals surface area contributed by atoms with E-state index in [2.05, 4.69) is 4.98 Å². The molecule has 52 valence electrons. The number of hydrogen-bond donors (Lipinski definition) is 0. The first-order valence-corrected chi connectivity index (χ1v) is 4.05. The number of rotatable bonds is 0. The van der Waals surface area contributed by atoms with Gasteiger partial charge in [0.05, 0.1) is 6.07 Å². The zero-order chi connectivity index (χ0) is 7.68. The van der Waals surface area contributed by atoms with Crippen LogP contribution in [0.1, 0.15) is 0 Å². The van der Waals surface area contributed by atoms with Gasteiger partial charge in [-0.25, -0.2) is 0 Å². The lowest BCUT2D eigenvalue weighted by atomic mass is 10.3. The minimum absolute atomic E-state index is 0.659. The maximum atomic E-state index is 8.47. The normalized spacial score (nSPS) is 9.73. The smallest absolute Gasteiger partial charge is 0.0616 e. The Hall–Kier alpha value is -1.40. The van der Waals surface area contributed by atoms with E-state index >= 15 is 0 Å². The monoisotopic (exact) mass is 161 g/mol. The number of fused-ring (bicyclic) bond motifs is 1. The third-order valence-electron chi connectivity index (χ3n) is 1.51. The van der Waals surface area contributed by atoms with Gasteiger partial charge in [-0.3, -0.25) is 0 Å². The predicted molar refractivity (Wildman–Crippen MR) is 46.6 cm³/mol. The molecule has 0 N–H and O–H groups in total. The van der Waals surface area contributed by atoms with Crippen LogP contribution in [0.5, 0.6) is 0 Å². The summed E-state index contributed by atoms with van der Waals surface area (Å²) in [5, 5.41) is 10.3. The molecule has 2 aromatic rings. The fourth-order valence-electron chi connectivity index (χ4n) is 1.02. The lowest BCUT2D eigenvalue weighted by Crippen LogP contribution is -1.56. The Kier molecular flexibility index (Phi) is 1.34. The third-order valence-corrected chi connectivity index (χ3v) is 2.51. The molecule has 0 radical (unpaired) electrons. The van der Waals surface area contributed by atoms with Gasteiger partial charge in [-0.15, -0.1) is 0 Å². The summed E-state index contributed by atoms with van der Waals surface area (Å²) in [5.41, 5.74) is 0. The number of thiophene rings is 1. The Balaban J connectivity index is 2.81. The molecule has 0 aliphatic carbocycles. The van der Waals surface area contributed by atoms with Crippen molar-refractivity contribution in [1.29, 1.82) is 5.39 Å². The minimum Gasteiger partial charge on any atom is -0.0616 e. The summed E-state index contributed by atoms with van der Waals surface area (Å²) in [7, 11) is 0. The molecule has 0 aliphatic heterocycles. The highest BCUT2D eigenvalue weighted by molar-refractivity contribution is 7.22. The molecule has 2 nitrogen and oxygen atoms in total. The van der Waals surface area contributed by atoms with Crippen molar-refractivity contribution >= 4 is 26.4 Å². The number of benzene rings is 1. The molecule has 0 aliphatic rings. The SMILES string of the molecule is N#[N+]c1cc2ccccc2s1. The molecule has 1 aromatic heterocycles. The van der Waals surface area contributed by atoms with Crippen molar-refractivity contribution in [3.63, 3.8) is 0 Å². The summed E-state index contributed by atoms with van der Waals surface area (Å²) >= 11 is 1.48. The Bertz CT molecular complexity index is 392. The van der Waals surface area contributed by atoms with Crippen LogP contribution in [-0.2, 0) is 0 Å². The summed E-state index contributed by atoms with van der Waals surface area (Å²) in [6.07, 6.45) is 0. The Morgan fingerprint density at radius 1 is 1.27 bits per heavy atom. The van der Waals surface area contributed by atoms with E-state index in [1.54, 1.807) is 0 Å². The zero-order valence-electron chi connectivity index (χ0n) is 5.69. The lowest BCUT2D eigenvalue weighted by Gasteiger charge is -1.80. The van der Waals surface area contributed by atoms with Gasteiger partial charge in [-0.05, 0) is 17.4 Å². The lowest BCUT2D eigenvalue weighted by molar-refractivity contribution is 1.48. The van der Waals surface area contributed by atoms with Crippen LogP contribution in [0.15, 0.2) is 30.3 Å². The summed E-state index contributed by atoms with van der Waals surface area (Å²) < 4.78 is 1.15. The molecule has 1 heterocycles. The van der Waals surface area contributed by atoms with Crippen LogP contribution < -0.4 is 0 Å². The number of diazo groups is 1. The van der Waals surface area contributed by atoms with Crippen LogP contribution in [0.3, 0.4) is 0 Å². The second-order valence-electron chi connectivity index (χ2n) is 2.22. The molecule has 0 saturated carbocycles. The van der Waals surface area contributed by atoms with E-state index < -0.39 is 0 Å². The van der Waals surface area contributed by atoms with Gasteiger partial charge >= 0.3 is 5.00 Å². The van der Waals surface area contributed by atoms with Crippen LogP contribution in [-0.4, -0.2) is 0 Å². The van der Waals surface area contributed by atoms with E-state index in [1.807, 2.05) is 30.3 Å². The first kappa shape index (κ1) is 6.32. The van der Waals surface area contributed by atoms with Crippen LogP contribution in [0.4, 0.5) is 5.00 Å². The quantitative estimate of drug-likeness (QED) is 0.544. The molecule has 0 bridgehead atoms. The fraction of sp³-hybridized carbons (Fsp3) is 0. The fourth-order valence-corrected chi connectivity index (χ4v) is 1.86. The Morgan fingerprint density at radius 2 is 2.09 bits per heavy atom. The molecular formula is C8H5N2S+. The Morgan fingerprint density at radius 3 is 2.82 bits per heavy atom. The topological polar surface area (TPSA) is 28.1 Å². The molecular weight excluding hydrogens is 156 g/mol. The molecule has 0 spiro atoms.